The molecule has 2 aromatic carbocycles. The van der Waals surface area contributed by atoms with Crippen LogP contribution in [0.4, 0.5) is 0 Å². The summed E-state index contributed by atoms with van der Waals surface area (Å²) >= 11 is 13.9. The molecular formula is C21H16Cl2N2O3S. The zero-order valence-corrected chi connectivity index (χ0v) is 17.8. The number of allylic oxidation sites excluding steroid dienone is 1. The summed E-state index contributed by atoms with van der Waals surface area (Å²) in [5, 5.41) is 11.7. The molecule has 1 unspecified atom stereocenters. The van der Waals surface area contributed by atoms with Gasteiger partial charge in [0.05, 0.1) is 29.4 Å². The number of nitrogens with zero attached hydrogens (tertiary/aromatic N) is 2. The van der Waals surface area contributed by atoms with Crippen LogP contribution in [0.5, 0.6) is 5.75 Å². The van der Waals surface area contributed by atoms with Crippen LogP contribution in [0.15, 0.2) is 64.9 Å². The summed E-state index contributed by atoms with van der Waals surface area (Å²) in [6, 6.07) is 12.1. The van der Waals surface area contributed by atoms with E-state index in [0.29, 0.717) is 26.7 Å². The number of hydrogen-bond donors (Lipinski definition) is 1. The molecule has 1 N–H and O–H groups in total. The Labute approximate surface area is 182 Å². The standard InChI is InChI=1S/C21H16Cl2N2O3S/c1-11-18(20(26)27)19(14-5-3-4-6-16(14)28-2)25-10-17(29-21(25)24-11)13-8-7-12(22)9-15(13)23/h3-10,19H,1-2H3,(H,26,27). The van der Waals surface area contributed by atoms with E-state index in [-0.39, 0.29) is 5.57 Å². The SMILES string of the molecule is COc1ccccc1C1C(C(=O)O)=C(C)N=C2SC(c3ccc(Cl)cc3Cl)=CN21. The summed E-state index contributed by atoms with van der Waals surface area (Å²) in [7, 11) is 1.57. The van der Waals surface area contributed by atoms with Crippen LogP contribution in [0.3, 0.4) is 0 Å². The van der Waals surface area contributed by atoms with Gasteiger partial charge in [0.2, 0.25) is 0 Å². The van der Waals surface area contributed by atoms with Crippen LogP contribution in [-0.2, 0) is 4.79 Å². The summed E-state index contributed by atoms with van der Waals surface area (Å²) in [5.74, 6) is -0.403. The smallest absolute Gasteiger partial charge is 0.335 e. The van der Waals surface area contributed by atoms with Gasteiger partial charge < -0.3 is 14.7 Å². The highest BCUT2D eigenvalue weighted by atomic mass is 35.5. The van der Waals surface area contributed by atoms with Crippen molar-refractivity contribution < 1.29 is 14.6 Å². The van der Waals surface area contributed by atoms with E-state index in [4.69, 9.17) is 27.9 Å². The number of rotatable bonds is 4. The summed E-state index contributed by atoms with van der Waals surface area (Å²) in [6.07, 6.45) is 1.88. The minimum absolute atomic E-state index is 0.207. The molecule has 29 heavy (non-hydrogen) atoms. The van der Waals surface area contributed by atoms with E-state index >= 15 is 0 Å². The second-order valence-corrected chi connectivity index (χ2v) is 8.32. The van der Waals surface area contributed by atoms with Crippen molar-refractivity contribution in [3.8, 4) is 5.75 Å². The lowest BCUT2D eigenvalue weighted by Gasteiger charge is -2.33. The fourth-order valence-corrected chi connectivity index (χ4v) is 5.11. The number of thioether (sulfide) groups is 1. The molecule has 0 spiro atoms. The Kier molecular flexibility index (Phi) is 5.34. The highest BCUT2D eigenvalue weighted by Gasteiger charge is 2.40. The third kappa shape index (κ3) is 3.52. The monoisotopic (exact) mass is 446 g/mol. The van der Waals surface area contributed by atoms with Crippen molar-refractivity contribution in [3.63, 3.8) is 0 Å². The van der Waals surface area contributed by atoms with E-state index in [2.05, 4.69) is 4.99 Å². The van der Waals surface area contributed by atoms with Gasteiger partial charge in [0.25, 0.3) is 0 Å². The molecule has 0 fully saturated rings. The number of benzene rings is 2. The quantitative estimate of drug-likeness (QED) is 0.640. The molecule has 148 valence electrons. The average molecular weight is 447 g/mol. The molecule has 8 heteroatoms. The molecule has 0 aromatic heterocycles. The first kappa shape index (κ1) is 19.9. The zero-order valence-electron chi connectivity index (χ0n) is 15.5. The molecule has 0 saturated carbocycles. The van der Waals surface area contributed by atoms with Crippen molar-refractivity contribution in [2.24, 2.45) is 4.99 Å². The fraction of sp³-hybridized carbons (Fsp3) is 0.143. The topological polar surface area (TPSA) is 62.1 Å². The molecule has 0 amide bonds. The minimum atomic E-state index is -1.02. The number of fused-ring (bicyclic) bond motifs is 1. The van der Waals surface area contributed by atoms with Gasteiger partial charge in [-0.15, -0.1) is 0 Å². The van der Waals surface area contributed by atoms with Crippen molar-refractivity contribution in [2.75, 3.05) is 7.11 Å². The molecule has 0 bridgehead atoms. The van der Waals surface area contributed by atoms with Crippen LogP contribution >= 0.6 is 35.0 Å². The molecule has 2 aliphatic heterocycles. The maximum absolute atomic E-state index is 12.1. The Hall–Kier alpha value is -2.41. The van der Waals surface area contributed by atoms with Crippen LogP contribution in [-0.4, -0.2) is 28.3 Å². The third-order valence-electron chi connectivity index (χ3n) is 4.74. The first-order valence-corrected chi connectivity index (χ1v) is 10.3. The van der Waals surface area contributed by atoms with Crippen LogP contribution in [0.1, 0.15) is 24.1 Å². The van der Waals surface area contributed by atoms with Crippen molar-refractivity contribution in [2.45, 2.75) is 13.0 Å². The molecule has 1 atom stereocenters. The molecule has 0 saturated heterocycles. The Morgan fingerprint density at radius 2 is 2.00 bits per heavy atom. The molecular weight excluding hydrogens is 431 g/mol. The first-order valence-electron chi connectivity index (χ1n) is 8.69. The number of halogens is 2. The summed E-state index contributed by atoms with van der Waals surface area (Å²) < 4.78 is 5.51. The van der Waals surface area contributed by atoms with Crippen molar-refractivity contribution in [3.05, 3.63) is 81.1 Å². The van der Waals surface area contributed by atoms with E-state index < -0.39 is 12.0 Å². The number of carbonyl (C=O) groups is 1. The van der Waals surface area contributed by atoms with E-state index in [9.17, 15) is 9.90 Å². The van der Waals surface area contributed by atoms with E-state index in [1.807, 2.05) is 41.4 Å². The molecule has 2 heterocycles. The fourth-order valence-electron chi connectivity index (χ4n) is 3.45. The lowest BCUT2D eigenvalue weighted by atomic mass is 9.94. The summed E-state index contributed by atoms with van der Waals surface area (Å²) in [6.45, 7) is 1.71. The van der Waals surface area contributed by atoms with Crippen molar-refractivity contribution >= 4 is 51.0 Å². The van der Waals surface area contributed by atoms with Gasteiger partial charge in [0.1, 0.15) is 5.75 Å². The minimum Gasteiger partial charge on any atom is -0.496 e. The number of hydrogen-bond acceptors (Lipinski definition) is 5. The number of ether oxygens (including phenoxy) is 1. The van der Waals surface area contributed by atoms with Crippen LogP contribution in [0, 0.1) is 0 Å². The number of methoxy groups -OCH3 is 1. The highest BCUT2D eigenvalue weighted by molar-refractivity contribution is 8.22. The van der Waals surface area contributed by atoms with Gasteiger partial charge >= 0.3 is 5.97 Å². The van der Waals surface area contributed by atoms with E-state index in [1.54, 1.807) is 26.2 Å². The van der Waals surface area contributed by atoms with Crippen LogP contribution in [0.25, 0.3) is 4.91 Å². The van der Waals surface area contributed by atoms with Crippen molar-refractivity contribution in [1.82, 2.24) is 4.90 Å². The van der Waals surface area contributed by atoms with Gasteiger partial charge in [-0.3, -0.25) is 0 Å². The number of para-hydroxylation sites is 1. The number of aliphatic carboxylic acids is 1. The van der Waals surface area contributed by atoms with Gasteiger partial charge in [0.15, 0.2) is 5.17 Å². The lowest BCUT2D eigenvalue weighted by molar-refractivity contribution is -0.133. The summed E-state index contributed by atoms with van der Waals surface area (Å²) in [4.78, 5) is 19.4. The number of carboxylic acid groups (broad SMARTS) is 1. The van der Waals surface area contributed by atoms with E-state index in [0.717, 1.165) is 16.0 Å². The van der Waals surface area contributed by atoms with Gasteiger partial charge in [-0.1, -0.05) is 47.5 Å². The second kappa shape index (κ2) is 7.78. The van der Waals surface area contributed by atoms with Gasteiger partial charge in [0, 0.05) is 27.3 Å². The average Bonchev–Trinajstić information content (AvgIpc) is 3.09. The molecule has 4 rings (SSSR count). The lowest BCUT2D eigenvalue weighted by Crippen LogP contribution is -2.33. The highest BCUT2D eigenvalue weighted by Crippen LogP contribution is 2.48. The Bertz CT molecular complexity index is 1110. The maximum atomic E-state index is 12.1. The third-order valence-corrected chi connectivity index (χ3v) is 6.32. The Morgan fingerprint density at radius 1 is 1.24 bits per heavy atom. The van der Waals surface area contributed by atoms with Gasteiger partial charge in [-0.2, -0.15) is 0 Å². The Morgan fingerprint density at radius 3 is 2.69 bits per heavy atom. The molecule has 5 nitrogen and oxygen atoms in total. The first-order chi connectivity index (χ1) is 13.9. The predicted molar refractivity (Wildman–Crippen MR) is 117 cm³/mol. The number of amidine groups is 1. The van der Waals surface area contributed by atoms with E-state index in [1.165, 1.54) is 11.8 Å². The largest absolute Gasteiger partial charge is 0.496 e. The maximum Gasteiger partial charge on any atom is 0.335 e. The molecule has 2 aliphatic rings. The summed E-state index contributed by atoms with van der Waals surface area (Å²) in [5.41, 5.74) is 2.23. The normalized spacial score (nSPS) is 18.3. The second-order valence-electron chi connectivity index (χ2n) is 6.47. The predicted octanol–water partition coefficient (Wildman–Crippen LogP) is 5.82. The Balaban J connectivity index is 1.87. The number of carboxylic acids is 1. The molecule has 2 aromatic rings. The number of aliphatic imine (C=N–C) groups is 1. The van der Waals surface area contributed by atoms with Crippen molar-refractivity contribution in [1.29, 1.82) is 0 Å². The van der Waals surface area contributed by atoms with Crippen LogP contribution in [0.2, 0.25) is 10.0 Å². The molecule has 0 radical (unpaired) electrons. The molecule has 0 aliphatic carbocycles. The zero-order chi connectivity index (χ0) is 20.7. The van der Waals surface area contributed by atoms with Gasteiger partial charge in [-0.05, 0) is 36.9 Å². The van der Waals surface area contributed by atoms with Crippen LogP contribution < -0.4 is 4.74 Å². The van der Waals surface area contributed by atoms with Gasteiger partial charge in [-0.25, -0.2) is 9.79 Å².